The number of nitrogens with two attached hydrogens (primary N) is 1. The first-order valence-corrected chi connectivity index (χ1v) is 6.61. The molecule has 17 heavy (non-hydrogen) atoms. The summed E-state index contributed by atoms with van der Waals surface area (Å²) in [6.45, 7) is 4.29. The van der Waals surface area contributed by atoms with Crippen molar-refractivity contribution in [1.29, 1.82) is 0 Å². The van der Waals surface area contributed by atoms with Gasteiger partial charge in [0.05, 0.1) is 5.02 Å². The Morgan fingerprint density at radius 1 is 1.47 bits per heavy atom. The van der Waals surface area contributed by atoms with Crippen LogP contribution in [-0.4, -0.2) is 12.1 Å². The summed E-state index contributed by atoms with van der Waals surface area (Å²) in [5.74, 6) is 0.649. The number of halogens is 2. The summed E-state index contributed by atoms with van der Waals surface area (Å²) < 4.78 is 5.94. The summed E-state index contributed by atoms with van der Waals surface area (Å²) in [7, 11) is 0. The van der Waals surface area contributed by atoms with Crippen molar-refractivity contribution in [3.8, 4) is 5.75 Å². The van der Waals surface area contributed by atoms with E-state index in [0.29, 0.717) is 15.8 Å². The van der Waals surface area contributed by atoms with E-state index in [-0.39, 0.29) is 17.6 Å². The average Bonchev–Trinajstić information content (AvgIpc) is 2.33. The summed E-state index contributed by atoms with van der Waals surface area (Å²) in [5, 5.41) is 0.999. The molecule has 1 aliphatic carbocycles. The van der Waals surface area contributed by atoms with E-state index in [9.17, 15) is 0 Å². The first kappa shape index (κ1) is 13.0. The van der Waals surface area contributed by atoms with Gasteiger partial charge in [0.15, 0.2) is 0 Å². The molecule has 0 aliphatic heterocycles. The van der Waals surface area contributed by atoms with Crippen LogP contribution >= 0.6 is 23.2 Å². The highest BCUT2D eigenvalue weighted by molar-refractivity contribution is 6.42. The lowest BCUT2D eigenvalue weighted by Gasteiger charge is -2.51. The minimum atomic E-state index is 0.0334. The van der Waals surface area contributed by atoms with Gasteiger partial charge in [-0.2, -0.15) is 0 Å². The van der Waals surface area contributed by atoms with Gasteiger partial charge in [-0.3, -0.25) is 0 Å². The van der Waals surface area contributed by atoms with Crippen molar-refractivity contribution in [3.63, 3.8) is 0 Å². The van der Waals surface area contributed by atoms with E-state index in [0.717, 1.165) is 12.8 Å². The number of hydrogen-bond acceptors (Lipinski definition) is 2. The minimum Gasteiger partial charge on any atom is -0.488 e. The van der Waals surface area contributed by atoms with Crippen LogP contribution in [0.25, 0.3) is 0 Å². The Morgan fingerprint density at radius 2 is 2.18 bits per heavy atom. The highest BCUT2D eigenvalue weighted by Gasteiger charge is 2.50. The number of ether oxygens (including phenoxy) is 1. The maximum absolute atomic E-state index is 6.10. The largest absolute Gasteiger partial charge is 0.488 e. The van der Waals surface area contributed by atoms with E-state index < -0.39 is 0 Å². The molecule has 0 spiro atoms. The van der Waals surface area contributed by atoms with Gasteiger partial charge in [-0.1, -0.05) is 43.1 Å². The number of hydrogen-bond donors (Lipinski definition) is 1. The van der Waals surface area contributed by atoms with Crippen molar-refractivity contribution < 1.29 is 4.74 Å². The van der Waals surface area contributed by atoms with Gasteiger partial charge in [-0.25, -0.2) is 0 Å². The molecular weight excluding hydrogens is 257 g/mol. The molecule has 0 heterocycles. The Balaban J connectivity index is 2.15. The van der Waals surface area contributed by atoms with Crippen LogP contribution in [0.1, 0.15) is 26.7 Å². The fraction of sp³-hybridized carbons (Fsp3) is 0.538. The molecule has 3 unspecified atom stereocenters. The molecule has 2 rings (SSSR count). The predicted octanol–water partition coefficient (Wildman–Crippen LogP) is 3.89. The highest BCUT2D eigenvalue weighted by Crippen LogP contribution is 2.46. The topological polar surface area (TPSA) is 35.2 Å². The van der Waals surface area contributed by atoms with Crippen molar-refractivity contribution in [1.82, 2.24) is 0 Å². The zero-order chi connectivity index (χ0) is 12.6. The minimum absolute atomic E-state index is 0.0334. The fourth-order valence-electron chi connectivity index (χ4n) is 2.25. The molecule has 1 aromatic carbocycles. The zero-order valence-electron chi connectivity index (χ0n) is 10.0. The Labute approximate surface area is 112 Å². The van der Waals surface area contributed by atoms with Crippen LogP contribution in [0.2, 0.25) is 10.0 Å². The van der Waals surface area contributed by atoms with E-state index in [1.165, 1.54) is 0 Å². The van der Waals surface area contributed by atoms with Gasteiger partial charge in [0, 0.05) is 17.9 Å². The monoisotopic (exact) mass is 273 g/mol. The molecule has 0 radical (unpaired) electrons. The third-order valence-electron chi connectivity index (χ3n) is 4.00. The van der Waals surface area contributed by atoms with E-state index in [4.69, 9.17) is 33.7 Å². The maximum Gasteiger partial charge on any atom is 0.139 e. The molecule has 94 valence electrons. The lowest BCUT2D eigenvalue weighted by Crippen LogP contribution is -2.61. The fourth-order valence-corrected chi connectivity index (χ4v) is 2.58. The first-order valence-electron chi connectivity index (χ1n) is 5.85. The van der Waals surface area contributed by atoms with Crippen LogP contribution in [0.3, 0.4) is 0 Å². The van der Waals surface area contributed by atoms with Crippen LogP contribution in [-0.2, 0) is 0 Å². The Kier molecular flexibility index (Phi) is 3.58. The second kappa shape index (κ2) is 4.68. The molecule has 0 amide bonds. The summed E-state index contributed by atoms with van der Waals surface area (Å²) in [5.41, 5.74) is 6.07. The molecule has 2 N–H and O–H groups in total. The van der Waals surface area contributed by atoms with E-state index >= 15 is 0 Å². The van der Waals surface area contributed by atoms with Crippen LogP contribution in [0.4, 0.5) is 0 Å². The Hall–Kier alpha value is -0.440. The van der Waals surface area contributed by atoms with E-state index in [1.807, 2.05) is 12.1 Å². The second-order valence-electron chi connectivity index (χ2n) is 4.86. The summed E-state index contributed by atoms with van der Waals surface area (Å²) in [4.78, 5) is 0. The maximum atomic E-state index is 6.10. The molecule has 1 fully saturated rings. The van der Waals surface area contributed by atoms with Crippen LogP contribution in [0, 0.1) is 5.41 Å². The average molecular weight is 274 g/mol. The summed E-state index contributed by atoms with van der Waals surface area (Å²) in [6.07, 6.45) is 1.99. The lowest BCUT2D eigenvalue weighted by atomic mass is 9.62. The van der Waals surface area contributed by atoms with Gasteiger partial charge in [-0.05, 0) is 18.6 Å². The molecule has 0 aromatic heterocycles. The van der Waals surface area contributed by atoms with Crippen LogP contribution < -0.4 is 10.5 Å². The molecule has 1 aliphatic rings. The lowest BCUT2D eigenvalue weighted by molar-refractivity contribution is -0.0559. The van der Waals surface area contributed by atoms with Gasteiger partial charge in [-0.15, -0.1) is 0 Å². The zero-order valence-corrected chi connectivity index (χ0v) is 11.6. The summed E-state index contributed by atoms with van der Waals surface area (Å²) >= 11 is 12.1. The molecular formula is C13H17Cl2NO. The Bertz CT molecular complexity index is 424. The summed E-state index contributed by atoms with van der Waals surface area (Å²) in [6, 6.07) is 5.64. The van der Waals surface area contributed by atoms with Gasteiger partial charge >= 0.3 is 0 Å². The van der Waals surface area contributed by atoms with Gasteiger partial charge in [0.25, 0.3) is 0 Å². The molecule has 1 aromatic rings. The molecule has 0 saturated heterocycles. The van der Waals surface area contributed by atoms with Crippen molar-refractivity contribution in [2.24, 2.45) is 11.1 Å². The van der Waals surface area contributed by atoms with Crippen LogP contribution in [0.15, 0.2) is 18.2 Å². The molecule has 4 heteroatoms. The predicted molar refractivity (Wildman–Crippen MR) is 71.9 cm³/mol. The second-order valence-corrected chi connectivity index (χ2v) is 5.65. The third kappa shape index (κ3) is 2.14. The standard InChI is InChI=1S/C13H17Cl2NO/c1-3-13(2)10(16)7-11(13)17-9-6-4-5-8(14)12(9)15/h4-6,10-11H,3,7,16H2,1-2H3. The quantitative estimate of drug-likeness (QED) is 0.907. The van der Waals surface area contributed by atoms with Gasteiger partial charge < -0.3 is 10.5 Å². The smallest absolute Gasteiger partial charge is 0.139 e. The molecule has 3 atom stereocenters. The SMILES string of the molecule is CCC1(C)C(N)CC1Oc1cccc(Cl)c1Cl. The van der Waals surface area contributed by atoms with Crippen molar-refractivity contribution >= 4 is 23.2 Å². The van der Waals surface area contributed by atoms with Gasteiger partial charge in [0.2, 0.25) is 0 Å². The van der Waals surface area contributed by atoms with E-state index in [1.54, 1.807) is 6.07 Å². The Morgan fingerprint density at radius 3 is 2.76 bits per heavy atom. The third-order valence-corrected chi connectivity index (χ3v) is 4.80. The van der Waals surface area contributed by atoms with Crippen LogP contribution in [0.5, 0.6) is 5.75 Å². The highest BCUT2D eigenvalue weighted by atomic mass is 35.5. The van der Waals surface area contributed by atoms with Crippen molar-refractivity contribution in [2.75, 3.05) is 0 Å². The van der Waals surface area contributed by atoms with Crippen molar-refractivity contribution in [2.45, 2.75) is 38.8 Å². The number of rotatable bonds is 3. The molecule has 1 saturated carbocycles. The van der Waals surface area contributed by atoms with Crippen molar-refractivity contribution in [3.05, 3.63) is 28.2 Å². The molecule has 2 nitrogen and oxygen atoms in total. The van der Waals surface area contributed by atoms with Gasteiger partial charge in [0.1, 0.15) is 16.9 Å². The number of benzene rings is 1. The van der Waals surface area contributed by atoms with E-state index in [2.05, 4.69) is 13.8 Å². The first-order chi connectivity index (χ1) is 7.99. The normalized spacial score (nSPS) is 32.1. The molecule has 0 bridgehead atoms.